The van der Waals surface area contributed by atoms with E-state index >= 15 is 0 Å². The van der Waals surface area contributed by atoms with E-state index in [0.29, 0.717) is 24.1 Å². The van der Waals surface area contributed by atoms with Crippen LogP contribution in [0.15, 0.2) is 12.1 Å². The topological polar surface area (TPSA) is 59.0 Å². The third-order valence-electron chi connectivity index (χ3n) is 8.79. The SMILES string of the molecule is O=C1CC[C@@]2(OCC3CC3)[C@H]3Cc4ccc(O)c5c4[C@@]2(CCN3CC2CC2)C1O5. The molecule has 4 fully saturated rings. The highest BCUT2D eigenvalue weighted by atomic mass is 16.5. The minimum Gasteiger partial charge on any atom is -0.504 e. The number of hydrogen-bond donors (Lipinski definition) is 1. The van der Waals surface area contributed by atoms with Crippen molar-refractivity contribution in [1.82, 2.24) is 4.90 Å². The zero-order valence-corrected chi connectivity index (χ0v) is 16.9. The van der Waals surface area contributed by atoms with Crippen molar-refractivity contribution in [3.05, 3.63) is 23.3 Å². The molecule has 6 aliphatic rings. The lowest BCUT2D eigenvalue weighted by Gasteiger charge is -2.64. The second kappa shape index (κ2) is 5.55. The van der Waals surface area contributed by atoms with Gasteiger partial charge in [0.1, 0.15) is 0 Å². The zero-order valence-electron chi connectivity index (χ0n) is 16.9. The van der Waals surface area contributed by atoms with Crippen molar-refractivity contribution in [3.63, 3.8) is 0 Å². The third-order valence-corrected chi connectivity index (χ3v) is 8.79. The number of phenols is 1. The normalized spacial score (nSPS) is 39.9. The van der Waals surface area contributed by atoms with Gasteiger partial charge in [0.05, 0.1) is 17.6 Å². The molecule has 1 aromatic carbocycles. The lowest BCUT2D eigenvalue weighted by Crippen LogP contribution is -2.77. The molecule has 154 valence electrons. The van der Waals surface area contributed by atoms with Crippen LogP contribution in [0, 0.1) is 11.8 Å². The van der Waals surface area contributed by atoms with Crippen molar-refractivity contribution in [1.29, 1.82) is 0 Å². The lowest BCUT2D eigenvalue weighted by atomic mass is 9.48. The van der Waals surface area contributed by atoms with Crippen molar-refractivity contribution < 1.29 is 19.4 Å². The predicted octanol–water partition coefficient (Wildman–Crippen LogP) is 2.96. The zero-order chi connectivity index (χ0) is 19.4. The first-order chi connectivity index (χ1) is 14.1. The van der Waals surface area contributed by atoms with E-state index in [4.69, 9.17) is 9.47 Å². The first kappa shape index (κ1) is 17.1. The molecule has 1 spiro atoms. The Morgan fingerprint density at radius 3 is 2.79 bits per heavy atom. The Bertz CT molecular complexity index is 906. The van der Waals surface area contributed by atoms with Crippen molar-refractivity contribution in [2.75, 3.05) is 19.7 Å². The van der Waals surface area contributed by atoms with Gasteiger partial charge in [0.15, 0.2) is 23.4 Å². The van der Waals surface area contributed by atoms with Gasteiger partial charge in [-0.2, -0.15) is 0 Å². The molecule has 2 heterocycles. The molecular weight excluding hydrogens is 366 g/mol. The first-order valence-corrected chi connectivity index (χ1v) is 11.5. The van der Waals surface area contributed by atoms with E-state index in [0.717, 1.165) is 50.4 Å². The Hall–Kier alpha value is -1.59. The second-order valence-corrected chi connectivity index (χ2v) is 10.4. The average molecular weight is 395 g/mol. The Labute approximate surface area is 171 Å². The molecule has 5 heteroatoms. The van der Waals surface area contributed by atoms with Crippen molar-refractivity contribution >= 4 is 5.78 Å². The number of likely N-dealkylation sites (tertiary alicyclic amines) is 1. The molecule has 4 atom stereocenters. The minimum absolute atomic E-state index is 0.176. The summed E-state index contributed by atoms with van der Waals surface area (Å²) in [7, 11) is 0. The van der Waals surface area contributed by atoms with Crippen LogP contribution in [0.1, 0.15) is 56.1 Å². The molecule has 0 aromatic heterocycles. The summed E-state index contributed by atoms with van der Waals surface area (Å²) in [5.41, 5.74) is 1.57. The summed E-state index contributed by atoms with van der Waals surface area (Å²) in [5.74, 6) is 2.45. The summed E-state index contributed by atoms with van der Waals surface area (Å²) in [6.07, 6.45) is 7.87. The number of carbonyl (C=O) groups excluding carboxylic acids is 1. The van der Waals surface area contributed by atoms with Gasteiger partial charge in [0.25, 0.3) is 0 Å². The van der Waals surface area contributed by atoms with Gasteiger partial charge in [-0.3, -0.25) is 9.69 Å². The predicted molar refractivity (Wildman–Crippen MR) is 106 cm³/mol. The van der Waals surface area contributed by atoms with Gasteiger partial charge in [-0.25, -0.2) is 0 Å². The number of rotatable bonds is 5. The molecule has 1 N–H and O–H groups in total. The van der Waals surface area contributed by atoms with Crippen molar-refractivity contribution in [2.24, 2.45) is 11.8 Å². The van der Waals surface area contributed by atoms with Gasteiger partial charge in [-0.1, -0.05) is 6.07 Å². The molecule has 2 aliphatic heterocycles. The lowest BCUT2D eigenvalue weighted by molar-refractivity contribution is -0.215. The molecule has 5 nitrogen and oxygen atoms in total. The summed E-state index contributed by atoms with van der Waals surface area (Å²) in [5, 5.41) is 10.6. The number of benzene rings is 1. The minimum atomic E-state index is -0.497. The molecule has 0 amide bonds. The van der Waals surface area contributed by atoms with Crippen LogP contribution < -0.4 is 4.74 Å². The van der Waals surface area contributed by atoms with Crippen LogP contribution in [0.4, 0.5) is 0 Å². The molecule has 7 rings (SSSR count). The van der Waals surface area contributed by atoms with Crippen molar-refractivity contribution in [2.45, 2.75) is 74.5 Å². The maximum Gasteiger partial charge on any atom is 0.174 e. The Morgan fingerprint density at radius 2 is 2.00 bits per heavy atom. The fraction of sp³-hybridized carbons (Fsp3) is 0.708. The van der Waals surface area contributed by atoms with Gasteiger partial charge in [-0.05, 0) is 75.0 Å². The van der Waals surface area contributed by atoms with Crippen LogP contribution in [-0.2, 0) is 21.4 Å². The largest absolute Gasteiger partial charge is 0.504 e. The molecule has 3 saturated carbocycles. The van der Waals surface area contributed by atoms with E-state index < -0.39 is 11.5 Å². The monoisotopic (exact) mass is 395 g/mol. The van der Waals surface area contributed by atoms with Gasteiger partial charge < -0.3 is 14.6 Å². The van der Waals surface area contributed by atoms with E-state index in [1.165, 1.54) is 31.2 Å². The Kier molecular flexibility index (Phi) is 3.28. The van der Waals surface area contributed by atoms with E-state index in [9.17, 15) is 9.90 Å². The molecule has 2 bridgehead atoms. The van der Waals surface area contributed by atoms with Gasteiger partial charge in [0.2, 0.25) is 0 Å². The summed E-state index contributed by atoms with van der Waals surface area (Å²) in [6, 6.07) is 4.13. The fourth-order valence-electron chi connectivity index (χ4n) is 7.08. The second-order valence-electron chi connectivity index (χ2n) is 10.4. The molecule has 4 aliphatic carbocycles. The molecular formula is C24H29NO4. The quantitative estimate of drug-likeness (QED) is 0.831. The van der Waals surface area contributed by atoms with Gasteiger partial charge in [0, 0.05) is 24.6 Å². The third kappa shape index (κ3) is 2.11. The summed E-state index contributed by atoms with van der Waals surface area (Å²) in [4.78, 5) is 15.8. The fourth-order valence-corrected chi connectivity index (χ4v) is 7.08. The standard InChI is InChI=1S/C24H29NO4/c26-17-6-5-16-11-19-24(28-13-15-3-4-15)8-7-18(27)22-23(24,20(16)21(17)29-22)9-10-25(19)12-14-1-2-14/h5-6,14-15,19,22,26H,1-4,7-13H2/t19-,22?,23+,24-/m1/s1. The number of phenolic OH excluding ortho intramolecular Hbond substituents is 1. The van der Waals surface area contributed by atoms with Crippen LogP contribution in [0.25, 0.3) is 0 Å². The summed E-state index contributed by atoms with van der Waals surface area (Å²) in [6.45, 7) is 2.96. The molecule has 1 aromatic rings. The number of carbonyl (C=O) groups is 1. The number of ether oxygens (including phenoxy) is 2. The van der Waals surface area contributed by atoms with Gasteiger partial charge >= 0.3 is 0 Å². The van der Waals surface area contributed by atoms with Crippen molar-refractivity contribution in [3.8, 4) is 11.5 Å². The molecule has 1 saturated heterocycles. The Morgan fingerprint density at radius 1 is 1.17 bits per heavy atom. The highest BCUT2D eigenvalue weighted by molar-refractivity contribution is 5.90. The van der Waals surface area contributed by atoms with E-state index in [-0.39, 0.29) is 17.1 Å². The maximum atomic E-state index is 13.1. The maximum absolute atomic E-state index is 13.1. The van der Waals surface area contributed by atoms with Crippen LogP contribution in [0.5, 0.6) is 11.5 Å². The Balaban J connectivity index is 1.43. The smallest absolute Gasteiger partial charge is 0.174 e. The van der Waals surface area contributed by atoms with Crippen LogP contribution in [0.3, 0.4) is 0 Å². The highest BCUT2D eigenvalue weighted by Gasteiger charge is 2.74. The highest BCUT2D eigenvalue weighted by Crippen LogP contribution is 2.66. The summed E-state index contributed by atoms with van der Waals surface area (Å²) >= 11 is 0. The average Bonchev–Trinajstić information content (AvgIpc) is 3.63. The van der Waals surface area contributed by atoms with Gasteiger partial charge in [-0.15, -0.1) is 0 Å². The number of ketones is 1. The number of nitrogens with zero attached hydrogens (tertiary/aromatic N) is 1. The van der Waals surface area contributed by atoms with E-state index in [2.05, 4.69) is 11.0 Å². The number of piperidine rings is 1. The summed E-state index contributed by atoms with van der Waals surface area (Å²) < 4.78 is 13.3. The molecule has 29 heavy (non-hydrogen) atoms. The van der Waals surface area contributed by atoms with Crippen LogP contribution in [-0.4, -0.2) is 53.2 Å². The van der Waals surface area contributed by atoms with E-state index in [1.807, 2.05) is 0 Å². The number of hydrogen-bond acceptors (Lipinski definition) is 5. The van der Waals surface area contributed by atoms with Crippen LogP contribution in [0.2, 0.25) is 0 Å². The van der Waals surface area contributed by atoms with E-state index in [1.54, 1.807) is 6.07 Å². The van der Waals surface area contributed by atoms with Crippen LogP contribution >= 0.6 is 0 Å². The number of aromatic hydroxyl groups is 1. The first-order valence-electron chi connectivity index (χ1n) is 11.5. The molecule has 1 unspecified atom stereocenters. The molecule has 0 radical (unpaired) electrons. The number of Topliss-reactive ketones (excluding diaryl/α,β-unsaturated/α-hetero) is 1.